The van der Waals surface area contributed by atoms with Gasteiger partial charge in [0, 0.05) is 18.5 Å². The predicted octanol–water partition coefficient (Wildman–Crippen LogP) is 1.97. The lowest BCUT2D eigenvalue weighted by Crippen LogP contribution is -2.30. The minimum absolute atomic E-state index is 0.145. The van der Waals surface area contributed by atoms with Gasteiger partial charge in [0.25, 0.3) is 0 Å². The second-order valence-corrected chi connectivity index (χ2v) is 4.18. The van der Waals surface area contributed by atoms with Crippen LogP contribution in [0.1, 0.15) is 25.3 Å². The van der Waals surface area contributed by atoms with Crippen LogP contribution in [0.4, 0.5) is 11.4 Å². The number of nitrogens with two attached hydrogens (primary N) is 1. The van der Waals surface area contributed by atoms with Crippen molar-refractivity contribution in [2.75, 3.05) is 24.3 Å². The summed E-state index contributed by atoms with van der Waals surface area (Å²) in [6.45, 7) is 2.61. The van der Waals surface area contributed by atoms with Gasteiger partial charge in [-0.1, -0.05) is 0 Å². The maximum Gasteiger partial charge on any atom is 0.227 e. The summed E-state index contributed by atoms with van der Waals surface area (Å²) in [5.41, 5.74) is 8.56. The minimum atomic E-state index is 0.145. The molecule has 0 aromatic heterocycles. The molecule has 0 fully saturated rings. The number of benzene rings is 1. The first kappa shape index (κ1) is 11.8. The van der Waals surface area contributed by atoms with Crippen LogP contribution in [0.5, 0.6) is 5.75 Å². The molecule has 1 aliphatic heterocycles. The highest BCUT2D eigenvalue weighted by Crippen LogP contribution is 2.38. The van der Waals surface area contributed by atoms with E-state index in [9.17, 15) is 4.79 Å². The van der Waals surface area contributed by atoms with Crippen LogP contribution in [0.15, 0.2) is 12.1 Å². The van der Waals surface area contributed by atoms with Crippen LogP contribution in [0, 0.1) is 0 Å². The summed E-state index contributed by atoms with van der Waals surface area (Å²) >= 11 is 0. The maximum absolute atomic E-state index is 12.0. The van der Waals surface area contributed by atoms with Crippen molar-refractivity contribution in [3.8, 4) is 5.75 Å². The highest BCUT2D eigenvalue weighted by atomic mass is 16.5. The van der Waals surface area contributed by atoms with Crippen LogP contribution in [0.25, 0.3) is 0 Å². The topological polar surface area (TPSA) is 55.6 Å². The second kappa shape index (κ2) is 4.65. The second-order valence-electron chi connectivity index (χ2n) is 4.18. The van der Waals surface area contributed by atoms with E-state index in [0.29, 0.717) is 18.7 Å². The fraction of sp³-hybridized carbons (Fsp3) is 0.462. The molecule has 0 radical (unpaired) electrons. The summed E-state index contributed by atoms with van der Waals surface area (Å²) in [5, 5.41) is 0. The normalized spacial score (nSPS) is 15.4. The Morgan fingerprint density at radius 2 is 2.18 bits per heavy atom. The van der Waals surface area contributed by atoms with E-state index in [2.05, 4.69) is 0 Å². The van der Waals surface area contributed by atoms with E-state index in [-0.39, 0.29) is 5.91 Å². The number of ether oxygens (including phenoxy) is 1. The maximum atomic E-state index is 12.0. The Morgan fingerprint density at radius 3 is 2.82 bits per heavy atom. The number of amides is 1. The fourth-order valence-corrected chi connectivity index (χ4v) is 2.40. The third kappa shape index (κ3) is 1.95. The Bertz CT molecular complexity index is 443. The molecule has 1 aliphatic rings. The van der Waals surface area contributed by atoms with E-state index < -0.39 is 0 Å². The average Bonchev–Trinajstić information content (AvgIpc) is 2.49. The third-order valence-electron chi connectivity index (χ3n) is 3.20. The van der Waals surface area contributed by atoms with Crippen LogP contribution in [-0.4, -0.2) is 19.6 Å². The molecule has 1 aromatic carbocycles. The van der Waals surface area contributed by atoms with Gasteiger partial charge in [-0.05, 0) is 31.9 Å². The number of fused-ring (bicyclic) bond motifs is 1. The predicted molar refractivity (Wildman–Crippen MR) is 68.4 cm³/mol. The molecule has 1 aromatic rings. The molecule has 1 amide bonds. The number of nitrogens with zero attached hydrogens (tertiary/aromatic N) is 1. The Morgan fingerprint density at radius 1 is 1.41 bits per heavy atom. The third-order valence-corrected chi connectivity index (χ3v) is 3.20. The lowest BCUT2D eigenvalue weighted by atomic mass is 10.0. The summed E-state index contributed by atoms with van der Waals surface area (Å²) in [5.74, 6) is 0.966. The Kier molecular flexibility index (Phi) is 3.22. The van der Waals surface area contributed by atoms with Gasteiger partial charge in [0.2, 0.25) is 5.91 Å². The van der Waals surface area contributed by atoms with Gasteiger partial charge in [-0.2, -0.15) is 0 Å². The van der Waals surface area contributed by atoms with Crippen molar-refractivity contribution in [1.82, 2.24) is 0 Å². The van der Waals surface area contributed by atoms with Gasteiger partial charge < -0.3 is 15.4 Å². The first-order valence-electron chi connectivity index (χ1n) is 5.94. The van der Waals surface area contributed by atoms with Crippen molar-refractivity contribution >= 4 is 17.3 Å². The number of nitrogen functional groups attached to an aromatic ring is 1. The number of carbonyl (C=O) groups is 1. The molecule has 4 nitrogen and oxygen atoms in total. The van der Waals surface area contributed by atoms with Crippen molar-refractivity contribution < 1.29 is 9.53 Å². The molecule has 0 bridgehead atoms. The van der Waals surface area contributed by atoms with E-state index in [1.54, 1.807) is 18.1 Å². The minimum Gasteiger partial charge on any atom is -0.496 e. The molecule has 92 valence electrons. The van der Waals surface area contributed by atoms with E-state index in [1.165, 1.54) is 0 Å². The summed E-state index contributed by atoms with van der Waals surface area (Å²) in [6.07, 6.45) is 2.26. The van der Waals surface area contributed by atoms with Crippen molar-refractivity contribution in [3.05, 3.63) is 17.7 Å². The SMILES string of the molecule is CCN1C(=O)CCCc2c(OC)ccc(N)c21. The van der Waals surface area contributed by atoms with E-state index >= 15 is 0 Å². The Balaban J connectivity index is 2.61. The summed E-state index contributed by atoms with van der Waals surface area (Å²) in [4.78, 5) is 13.8. The summed E-state index contributed by atoms with van der Waals surface area (Å²) in [6, 6.07) is 3.68. The first-order chi connectivity index (χ1) is 8.19. The molecule has 17 heavy (non-hydrogen) atoms. The number of carbonyl (C=O) groups excluding carboxylic acids is 1. The van der Waals surface area contributed by atoms with Crippen LogP contribution < -0.4 is 15.4 Å². The quantitative estimate of drug-likeness (QED) is 0.796. The van der Waals surface area contributed by atoms with Gasteiger partial charge in [0.1, 0.15) is 5.75 Å². The molecular formula is C13H18N2O2. The van der Waals surface area contributed by atoms with Crippen LogP contribution in [-0.2, 0) is 11.2 Å². The molecule has 1 heterocycles. The standard InChI is InChI=1S/C13H18N2O2/c1-3-15-12(16)6-4-5-9-11(17-2)8-7-10(14)13(9)15/h7-8H,3-6,14H2,1-2H3. The average molecular weight is 234 g/mol. The number of hydrogen-bond acceptors (Lipinski definition) is 3. The molecule has 0 saturated carbocycles. The molecule has 0 atom stereocenters. The first-order valence-corrected chi connectivity index (χ1v) is 5.94. The lowest BCUT2D eigenvalue weighted by Gasteiger charge is -2.24. The van der Waals surface area contributed by atoms with Gasteiger partial charge in [-0.3, -0.25) is 4.79 Å². The fourth-order valence-electron chi connectivity index (χ4n) is 2.40. The molecule has 0 unspecified atom stereocenters. The van der Waals surface area contributed by atoms with E-state index in [4.69, 9.17) is 10.5 Å². The highest BCUT2D eigenvalue weighted by Gasteiger charge is 2.25. The molecule has 4 heteroatoms. The van der Waals surface area contributed by atoms with Crippen molar-refractivity contribution in [3.63, 3.8) is 0 Å². The number of rotatable bonds is 2. The van der Waals surface area contributed by atoms with Crippen molar-refractivity contribution in [2.24, 2.45) is 0 Å². The smallest absolute Gasteiger partial charge is 0.227 e. The molecule has 0 spiro atoms. The lowest BCUT2D eigenvalue weighted by molar-refractivity contribution is -0.118. The van der Waals surface area contributed by atoms with Gasteiger partial charge in [-0.15, -0.1) is 0 Å². The zero-order valence-corrected chi connectivity index (χ0v) is 10.3. The summed E-state index contributed by atoms with van der Waals surface area (Å²) in [7, 11) is 1.65. The monoisotopic (exact) mass is 234 g/mol. The highest BCUT2D eigenvalue weighted by molar-refractivity contribution is 5.98. The molecule has 2 rings (SSSR count). The van der Waals surface area contributed by atoms with E-state index in [0.717, 1.165) is 29.8 Å². The number of anilines is 2. The molecule has 0 saturated heterocycles. The van der Waals surface area contributed by atoms with Gasteiger partial charge >= 0.3 is 0 Å². The summed E-state index contributed by atoms with van der Waals surface area (Å²) < 4.78 is 5.36. The number of hydrogen-bond donors (Lipinski definition) is 1. The zero-order chi connectivity index (χ0) is 12.4. The molecule has 0 aliphatic carbocycles. The van der Waals surface area contributed by atoms with Crippen LogP contribution in [0.2, 0.25) is 0 Å². The van der Waals surface area contributed by atoms with Crippen LogP contribution in [0.3, 0.4) is 0 Å². The van der Waals surface area contributed by atoms with Gasteiger partial charge in [-0.25, -0.2) is 0 Å². The van der Waals surface area contributed by atoms with Crippen molar-refractivity contribution in [1.29, 1.82) is 0 Å². The Hall–Kier alpha value is -1.71. The molecular weight excluding hydrogens is 216 g/mol. The van der Waals surface area contributed by atoms with E-state index in [1.807, 2.05) is 13.0 Å². The number of methoxy groups -OCH3 is 1. The van der Waals surface area contributed by atoms with Crippen molar-refractivity contribution in [2.45, 2.75) is 26.2 Å². The zero-order valence-electron chi connectivity index (χ0n) is 10.3. The van der Waals surface area contributed by atoms with Crippen LogP contribution >= 0.6 is 0 Å². The Labute approximate surface area is 101 Å². The largest absolute Gasteiger partial charge is 0.496 e. The van der Waals surface area contributed by atoms with Gasteiger partial charge in [0.05, 0.1) is 18.5 Å². The van der Waals surface area contributed by atoms with Gasteiger partial charge in [0.15, 0.2) is 0 Å². The molecule has 2 N–H and O–H groups in total.